The second-order valence-corrected chi connectivity index (χ2v) is 13.0. The van der Waals surface area contributed by atoms with Gasteiger partial charge in [0.05, 0.1) is 11.9 Å². The van der Waals surface area contributed by atoms with Crippen LogP contribution in [0.3, 0.4) is 0 Å². The number of halogens is 3. The quantitative estimate of drug-likeness (QED) is 0.253. The number of nitrogens with zero attached hydrogens (tertiary/aromatic N) is 2. The highest BCUT2D eigenvalue weighted by Gasteiger charge is 2.34. The highest BCUT2D eigenvalue weighted by Crippen LogP contribution is 2.30. The number of anilines is 1. The summed E-state index contributed by atoms with van der Waals surface area (Å²) in [4.78, 5) is 29.3. The Bertz CT molecular complexity index is 1470. The Kier molecular flexibility index (Phi) is 11.5. The molecule has 1 N–H and O–H groups in total. The summed E-state index contributed by atoms with van der Waals surface area (Å²) in [5.41, 5.74) is 2.05. The third-order valence-electron chi connectivity index (χ3n) is 6.85. The zero-order chi connectivity index (χ0) is 30.3. The summed E-state index contributed by atoms with van der Waals surface area (Å²) in [5, 5.41) is 3.99. The Labute approximate surface area is 257 Å². The van der Waals surface area contributed by atoms with E-state index in [0.717, 1.165) is 16.1 Å². The molecule has 3 aromatic carbocycles. The molecule has 3 aromatic rings. The molecule has 41 heavy (non-hydrogen) atoms. The van der Waals surface area contributed by atoms with Crippen LogP contribution in [0.1, 0.15) is 37.0 Å². The molecule has 0 unspecified atom stereocenters. The molecule has 11 heteroatoms. The first kappa shape index (κ1) is 32.7. The molecule has 0 heterocycles. The molecule has 0 bridgehead atoms. The van der Waals surface area contributed by atoms with Gasteiger partial charge in [-0.15, -0.1) is 0 Å². The predicted molar refractivity (Wildman–Crippen MR) is 167 cm³/mol. The summed E-state index contributed by atoms with van der Waals surface area (Å²) in [6.45, 7) is 4.82. The number of rotatable bonds is 12. The van der Waals surface area contributed by atoms with Gasteiger partial charge >= 0.3 is 0 Å². The van der Waals surface area contributed by atoms with E-state index in [4.69, 9.17) is 34.8 Å². The van der Waals surface area contributed by atoms with Crippen molar-refractivity contribution in [1.82, 2.24) is 10.2 Å². The second kappa shape index (κ2) is 14.4. The van der Waals surface area contributed by atoms with Crippen molar-refractivity contribution in [2.24, 2.45) is 0 Å². The normalized spacial score (nSPS) is 12.9. The van der Waals surface area contributed by atoms with Gasteiger partial charge in [0.15, 0.2) is 0 Å². The molecule has 0 aliphatic heterocycles. The van der Waals surface area contributed by atoms with Crippen molar-refractivity contribution in [3.63, 3.8) is 0 Å². The van der Waals surface area contributed by atoms with Crippen molar-refractivity contribution in [3.05, 3.63) is 98.5 Å². The van der Waals surface area contributed by atoms with E-state index in [-0.39, 0.29) is 30.6 Å². The van der Waals surface area contributed by atoms with Crippen molar-refractivity contribution in [2.75, 3.05) is 17.1 Å². The van der Waals surface area contributed by atoms with E-state index in [2.05, 4.69) is 5.32 Å². The average Bonchev–Trinajstić information content (AvgIpc) is 2.92. The lowest BCUT2D eigenvalue weighted by atomic mass is 10.0. The molecule has 0 spiro atoms. The van der Waals surface area contributed by atoms with Crippen molar-refractivity contribution in [1.29, 1.82) is 0 Å². The third-order valence-corrected chi connectivity index (χ3v) is 9.09. The zero-order valence-corrected chi connectivity index (χ0v) is 26.5. The van der Waals surface area contributed by atoms with Crippen LogP contribution in [-0.4, -0.2) is 50.0 Å². The van der Waals surface area contributed by atoms with Gasteiger partial charge in [-0.25, -0.2) is 8.42 Å². The van der Waals surface area contributed by atoms with Crippen molar-refractivity contribution in [2.45, 2.75) is 52.2 Å². The van der Waals surface area contributed by atoms with E-state index in [1.807, 2.05) is 44.2 Å². The smallest absolute Gasteiger partial charge is 0.244 e. The third kappa shape index (κ3) is 8.61. The monoisotopic (exact) mass is 637 g/mol. The number of sulfonamides is 1. The molecular weight excluding hydrogens is 605 g/mol. The molecule has 0 aliphatic carbocycles. The van der Waals surface area contributed by atoms with Gasteiger partial charge in [0, 0.05) is 39.6 Å². The Morgan fingerprint density at radius 3 is 2.07 bits per heavy atom. The van der Waals surface area contributed by atoms with E-state index < -0.39 is 28.5 Å². The van der Waals surface area contributed by atoms with Crippen LogP contribution >= 0.6 is 34.8 Å². The lowest BCUT2D eigenvalue weighted by Gasteiger charge is -2.34. The van der Waals surface area contributed by atoms with Gasteiger partial charge in [-0.05, 0) is 55.7 Å². The molecule has 2 amide bonds. The average molecular weight is 639 g/mol. The van der Waals surface area contributed by atoms with Crippen LogP contribution in [-0.2, 0) is 32.6 Å². The number of benzene rings is 3. The van der Waals surface area contributed by atoms with Crippen molar-refractivity contribution >= 4 is 62.3 Å². The summed E-state index contributed by atoms with van der Waals surface area (Å²) >= 11 is 19.3. The Hall–Kier alpha value is -2.78. The number of amides is 2. The summed E-state index contributed by atoms with van der Waals surface area (Å²) in [7, 11) is -3.93. The molecule has 0 aromatic heterocycles. The fourth-order valence-electron chi connectivity index (χ4n) is 4.31. The van der Waals surface area contributed by atoms with Crippen LogP contribution < -0.4 is 9.62 Å². The molecule has 7 nitrogen and oxygen atoms in total. The van der Waals surface area contributed by atoms with E-state index in [9.17, 15) is 18.0 Å². The number of carbonyl (C=O) groups is 2. The molecular formula is C30H34Cl3N3O4S. The van der Waals surface area contributed by atoms with Crippen LogP contribution in [0, 0.1) is 6.92 Å². The molecule has 0 saturated heterocycles. The molecule has 220 valence electrons. The SMILES string of the molecule is CC[C@@H](C)NC(=O)[C@H](Cc1ccccc1)N(Cc1c(Cl)cccc1Cl)C(=O)CN(c1cccc(Cl)c1C)S(C)(=O)=O. The number of carbonyl (C=O) groups excluding carboxylic acids is 2. The Morgan fingerprint density at radius 2 is 1.49 bits per heavy atom. The highest BCUT2D eigenvalue weighted by molar-refractivity contribution is 7.92. The Balaban J connectivity index is 2.13. The first-order valence-corrected chi connectivity index (χ1v) is 16.1. The van der Waals surface area contributed by atoms with Gasteiger partial charge < -0.3 is 10.2 Å². The van der Waals surface area contributed by atoms with Gasteiger partial charge in [-0.2, -0.15) is 0 Å². The van der Waals surface area contributed by atoms with Gasteiger partial charge in [0.1, 0.15) is 12.6 Å². The highest BCUT2D eigenvalue weighted by atomic mass is 35.5. The largest absolute Gasteiger partial charge is 0.352 e. The van der Waals surface area contributed by atoms with Gasteiger partial charge in [0.2, 0.25) is 21.8 Å². The first-order valence-electron chi connectivity index (χ1n) is 13.1. The zero-order valence-electron chi connectivity index (χ0n) is 23.4. The fourth-order valence-corrected chi connectivity index (χ4v) is 5.90. The van der Waals surface area contributed by atoms with Gasteiger partial charge in [0.25, 0.3) is 0 Å². The minimum Gasteiger partial charge on any atom is -0.352 e. The summed E-state index contributed by atoms with van der Waals surface area (Å²) < 4.78 is 27.0. The maximum atomic E-state index is 14.2. The second-order valence-electron chi connectivity index (χ2n) is 9.90. The van der Waals surface area contributed by atoms with Crippen LogP contribution in [0.25, 0.3) is 0 Å². The van der Waals surface area contributed by atoms with Crippen LogP contribution in [0.4, 0.5) is 5.69 Å². The van der Waals surface area contributed by atoms with Gasteiger partial charge in [-0.3, -0.25) is 13.9 Å². The first-order chi connectivity index (χ1) is 19.3. The van der Waals surface area contributed by atoms with E-state index in [1.165, 1.54) is 4.90 Å². The van der Waals surface area contributed by atoms with Crippen LogP contribution in [0.5, 0.6) is 0 Å². The lowest BCUT2D eigenvalue weighted by molar-refractivity contribution is -0.140. The van der Waals surface area contributed by atoms with Gasteiger partial charge in [-0.1, -0.05) is 84.2 Å². The maximum absolute atomic E-state index is 14.2. The number of hydrogen-bond donors (Lipinski definition) is 1. The number of hydrogen-bond acceptors (Lipinski definition) is 4. The molecule has 2 atom stereocenters. The Morgan fingerprint density at radius 1 is 0.902 bits per heavy atom. The lowest BCUT2D eigenvalue weighted by Crippen LogP contribution is -2.54. The fraction of sp³-hybridized carbons (Fsp3) is 0.333. The van der Waals surface area contributed by atoms with E-state index in [0.29, 0.717) is 32.6 Å². The van der Waals surface area contributed by atoms with E-state index >= 15 is 0 Å². The standard InChI is InChI=1S/C30H34Cl3N3O4S/c1-5-20(2)34-30(38)28(17-22-11-7-6-8-12-22)35(18-23-25(32)14-9-15-26(23)33)29(37)19-36(41(4,39)40)27-16-10-13-24(31)21(27)3/h6-16,20,28H,5,17-19H2,1-4H3,(H,34,38)/t20-,28+/m1/s1. The van der Waals surface area contributed by atoms with Crippen molar-refractivity contribution in [3.8, 4) is 0 Å². The molecule has 0 fully saturated rings. The summed E-state index contributed by atoms with van der Waals surface area (Å²) in [5.74, 6) is -0.976. The summed E-state index contributed by atoms with van der Waals surface area (Å²) in [6.07, 6.45) is 1.89. The minimum atomic E-state index is -3.93. The van der Waals surface area contributed by atoms with E-state index in [1.54, 1.807) is 43.3 Å². The predicted octanol–water partition coefficient (Wildman–Crippen LogP) is 6.28. The maximum Gasteiger partial charge on any atom is 0.244 e. The van der Waals surface area contributed by atoms with Crippen LogP contribution in [0.2, 0.25) is 15.1 Å². The molecule has 0 radical (unpaired) electrons. The molecule has 0 saturated carbocycles. The minimum absolute atomic E-state index is 0.116. The summed E-state index contributed by atoms with van der Waals surface area (Å²) in [6, 6.07) is 18.0. The van der Waals surface area contributed by atoms with Crippen LogP contribution in [0.15, 0.2) is 66.7 Å². The molecule has 3 rings (SSSR count). The van der Waals surface area contributed by atoms with Crippen molar-refractivity contribution < 1.29 is 18.0 Å². The number of nitrogens with one attached hydrogen (secondary N) is 1. The molecule has 0 aliphatic rings. The topological polar surface area (TPSA) is 86.8 Å².